The van der Waals surface area contributed by atoms with Crippen LogP contribution in [0.3, 0.4) is 0 Å². The van der Waals surface area contributed by atoms with Crippen molar-refractivity contribution in [3.05, 3.63) is 71.8 Å². The van der Waals surface area contributed by atoms with Crippen LogP contribution in [0.15, 0.2) is 60.7 Å². The van der Waals surface area contributed by atoms with Gasteiger partial charge in [0.15, 0.2) is 6.04 Å². The fourth-order valence-corrected chi connectivity index (χ4v) is 2.67. The third-order valence-corrected chi connectivity index (χ3v) is 3.86. The Bertz CT molecular complexity index is 707. The zero-order chi connectivity index (χ0) is 19.9. The van der Waals surface area contributed by atoms with Crippen LogP contribution >= 0.6 is 0 Å². The molecular formula is C20H20F3NO3. The Morgan fingerprint density at radius 1 is 0.926 bits per heavy atom. The van der Waals surface area contributed by atoms with E-state index in [1.165, 1.54) is 11.8 Å². The lowest BCUT2D eigenvalue weighted by molar-refractivity contribution is -0.183. The number of ketones is 1. The number of carbonyl (C=O) groups excluding carboxylic acids is 2. The number of rotatable bonds is 8. The molecule has 0 N–H and O–H groups in total. The summed E-state index contributed by atoms with van der Waals surface area (Å²) < 4.78 is 44.2. The van der Waals surface area contributed by atoms with Crippen LogP contribution in [0.4, 0.5) is 13.2 Å². The van der Waals surface area contributed by atoms with E-state index in [1.807, 2.05) is 0 Å². The highest BCUT2D eigenvalue weighted by molar-refractivity contribution is 6.05. The molecule has 0 heterocycles. The number of carbonyl (C=O) groups is 2. The third kappa shape index (κ3) is 5.92. The molecule has 0 bridgehead atoms. The van der Waals surface area contributed by atoms with Gasteiger partial charge in [-0.3, -0.25) is 9.69 Å². The molecule has 0 aromatic heterocycles. The number of ether oxygens (including phenoxy) is 1. The van der Waals surface area contributed by atoms with Gasteiger partial charge < -0.3 is 4.74 Å². The van der Waals surface area contributed by atoms with Crippen LogP contribution in [-0.4, -0.2) is 35.5 Å². The quantitative estimate of drug-likeness (QED) is 0.518. The summed E-state index contributed by atoms with van der Waals surface area (Å²) in [4.78, 5) is 25.5. The first-order valence-corrected chi connectivity index (χ1v) is 8.42. The molecule has 4 nitrogen and oxygen atoms in total. The molecule has 1 unspecified atom stereocenters. The first-order valence-electron chi connectivity index (χ1n) is 8.42. The van der Waals surface area contributed by atoms with Crippen molar-refractivity contribution in [2.45, 2.75) is 32.2 Å². The van der Waals surface area contributed by atoms with E-state index in [0.29, 0.717) is 11.1 Å². The number of nitrogens with zero attached hydrogens (tertiary/aromatic N) is 1. The number of hydrogen-bond donors (Lipinski definition) is 0. The summed E-state index contributed by atoms with van der Waals surface area (Å²) in [5.41, 5.74) is 1.36. The van der Waals surface area contributed by atoms with E-state index in [4.69, 9.17) is 4.74 Å². The Morgan fingerprint density at radius 2 is 1.37 bits per heavy atom. The fraction of sp³-hybridized carbons (Fsp3) is 0.300. The molecule has 0 radical (unpaired) electrons. The van der Waals surface area contributed by atoms with Gasteiger partial charge in [0.2, 0.25) is 0 Å². The molecule has 0 saturated heterocycles. The summed E-state index contributed by atoms with van der Waals surface area (Å²) in [6.45, 7) is 1.33. The third-order valence-electron chi connectivity index (χ3n) is 3.86. The van der Waals surface area contributed by atoms with Gasteiger partial charge >= 0.3 is 12.1 Å². The number of hydrogen-bond acceptors (Lipinski definition) is 4. The van der Waals surface area contributed by atoms with E-state index in [0.717, 1.165) is 0 Å². The zero-order valence-corrected chi connectivity index (χ0v) is 14.8. The molecule has 0 saturated carbocycles. The van der Waals surface area contributed by atoms with E-state index >= 15 is 0 Å². The Hall–Kier alpha value is -2.67. The number of alkyl halides is 3. The van der Waals surface area contributed by atoms with Crippen molar-refractivity contribution in [2.24, 2.45) is 0 Å². The SMILES string of the molecule is CCOC(=O)C(C(=O)C(F)(F)F)N(Cc1ccccc1)Cc1ccccc1. The monoisotopic (exact) mass is 379 g/mol. The highest BCUT2D eigenvalue weighted by Crippen LogP contribution is 2.24. The molecular weight excluding hydrogens is 359 g/mol. The molecule has 2 aromatic carbocycles. The second-order valence-electron chi connectivity index (χ2n) is 5.89. The summed E-state index contributed by atoms with van der Waals surface area (Å²) in [7, 11) is 0. The predicted molar refractivity (Wildman–Crippen MR) is 93.6 cm³/mol. The van der Waals surface area contributed by atoms with E-state index in [1.54, 1.807) is 60.7 Å². The number of esters is 1. The van der Waals surface area contributed by atoms with Gasteiger partial charge in [-0.05, 0) is 18.1 Å². The van der Waals surface area contributed by atoms with Crippen molar-refractivity contribution in [1.82, 2.24) is 4.90 Å². The van der Waals surface area contributed by atoms with Crippen molar-refractivity contribution in [3.8, 4) is 0 Å². The first-order chi connectivity index (χ1) is 12.8. The average molecular weight is 379 g/mol. The van der Waals surface area contributed by atoms with Crippen LogP contribution in [0.25, 0.3) is 0 Å². The van der Waals surface area contributed by atoms with Crippen molar-refractivity contribution in [2.75, 3.05) is 6.61 Å². The van der Waals surface area contributed by atoms with Crippen molar-refractivity contribution < 1.29 is 27.5 Å². The van der Waals surface area contributed by atoms with Gasteiger partial charge in [0.25, 0.3) is 5.78 Å². The van der Waals surface area contributed by atoms with Crippen LogP contribution < -0.4 is 0 Å². The van der Waals surface area contributed by atoms with Gasteiger partial charge in [0.05, 0.1) is 6.61 Å². The second-order valence-corrected chi connectivity index (χ2v) is 5.89. The Balaban J connectivity index is 2.41. The lowest BCUT2D eigenvalue weighted by atomic mass is 10.1. The first kappa shape index (κ1) is 20.6. The van der Waals surface area contributed by atoms with Crippen molar-refractivity contribution in [3.63, 3.8) is 0 Å². The molecule has 0 aliphatic rings. The summed E-state index contributed by atoms with van der Waals surface area (Å²) in [6, 6.07) is 15.3. The van der Waals surface area contributed by atoms with Crippen LogP contribution in [0.5, 0.6) is 0 Å². The zero-order valence-electron chi connectivity index (χ0n) is 14.8. The van der Waals surface area contributed by atoms with Gasteiger partial charge in [0.1, 0.15) is 0 Å². The average Bonchev–Trinajstić information content (AvgIpc) is 2.63. The molecule has 144 valence electrons. The molecule has 0 amide bonds. The van der Waals surface area contributed by atoms with E-state index in [9.17, 15) is 22.8 Å². The highest BCUT2D eigenvalue weighted by atomic mass is 19.4. The summed E-state index contributed by atoms with van der Waals surface area (Å²) in [5.74, 6) is -3.33. The van der Waals surface area contributed by atoms with Crippen molar-refractivity contribution >= 4 is 11.8 Å². The van der Waals surface area contributed by atoms with Gasteiger partial charge in [0, 0.05) is 13.1 Å². The summed E-state index contributed by atoms with van der Waals surface area (Å²) in [6.07, 6.45) is -5.15. The lowest BCUT2D eigenvalue weighted by Crippen LogP contribution is -2.51. The summed E-state index contributed by atoms with van der Waals surface area (Å²) >= 11 is 0. The van der Waals surface area contributed by atoms with E-state index in [2.05, 4.69) is 0 Å². The second kappa shape index (κ2) is 9.32. The Morgan fingerprint density at radius 3 is 1.74 bits per heavy atom. The van der Waals surface area contributed by atoms with E-state index in [-0.39, 0.29) is 19.7 Å². The van der Waals surface area contributed by atoms with Crippen molar-refractivity contribution in [1.29, 1.82) is 0 Å². The molecule has 27 heavy (non-hydrogen) atoms. The highest BCUT2D eigenvalue weighted by Gasteiger charge is 2.49. The van der Waals surface area contributed by atoms with Crippen LogP contribution in [0.2, 0.25) is 0 Å². The fourth-order valence-electron chi connectivity index (χ4n) is 2.67. The minimum Gasteiger partial charge on any atom is -0.464 e. The normalized spacial score (nSPS) is 12.6. The minimum absolute atomic E-state index is 0.0129. The molecule has 2 rings (SSSR count). The Labute approximate surface area is 155 Å². The minimum atomic E-state index is -5.15. The molecule has 1 atom stereocenters. The summed E-state index contributed by atoms with van der Waals surface area (Å²) in [5, 5.41) is 0. The molecule has 0 aliphatic heterocycles. The maximum absolute atomic E-state index is 13.2. The number of benzene rings is 2. The van der Waals surface area contributed by atoms with Gasteiger partial charge in [-0.1, -0.05) is 60.7 Å². The van der Waals surface area contributed by atoms with Crippen LogP contribution in [0.1, 0.15) is 18.1 Å². The molecule has 2 aromatic rings. The largest absolute Gasteiger partial charge is 0.464 e. The van der Waals surface area contributed by atoms with Crippen LogP contribution in [0, 0.1) is 0 Å². The Kier molecular flexibility index (Phi) is 7.12. The molecule has 0 aliphatic carbocycles. The number of Topliss-reactive ketones (excluding diaryl/α,β-unsaturated/α-hetero) is 1. The lowest BCUT2D eigenvalue weighted by Gasteiger charge is -2.29. The smallest absolute Gasteiger partial charge is 0.452 e. The maximum atomic E-state index is 13.2. The van der Waals surface area contributed by atoms with Crippen LogP contribution in [-0.2, 0) is 27.4 Å². The van der Waals surface area contributed by atoms with Gasteiger partial charge in [-0.25, -0.2) is 4.79 Å². The molecule has 0 fully saturated rings. The standard InChI is InChI=1S/C20H20F3NO3/c1-2-27-19(26)17(18(25)20(21,22)23)24(13-15-9-5-3-6-10-15)14-16-11-7-4-8-12-16/h3-12,17H,2,13-14H2,1H3. The molecule has 7 heteroatoms. The van der Waals surface area contributed by atoms with Gasteiger partial charge in [-0.15, -0.1) is 0 Å². The maximum Gasteiger partial charge on any atom is 0.452 e. The van der Waals surface area contributed by atoms with E-state index < -0.39 is 24.0 Å². The predicted octanol–water partition coefficient (Wildman–Crippen LogP) is 3.75. The number of halogens is 3. The van der Waals surface area contributed by atoms with Gasteiger partial charge in [-0.2, -0.15) is 13.2 Å². The topological polar surface area (TPSA) is 46.6 Å². The molecule has 0 spiro atoms.